The summed E-state index contributed by atoms with van der Waals surface area (Å²) >= 11 is 1.82. The monoisotopic (exact) mass is 320 g/mol. The average Bonchev–Trinajstić information content (AvgIpc) is 2.51. The fraction of sp³-hybridized carbons (Fsp3) is 0.611. The Morgan fingerprint density at radius 2 is 2.05 bits per heavy atom. The lowest BCUT2D eigenvalue weighted by Crippen LogP contribution is -2.41. The average molecular weight is 321 g/mol. The van der Waals surface area contributed by atoms with Gasteiger partial charge in [-0.05, 0) is 45.5 Å². The molecule has 3 nitrogen and oxygen atoms in total. The molecule has 1 amide bonds. The van der Waals surface area contributed by atoms with Crippen LogP contribution in [-0.2, 0) is 4.79 Å². The van der Waals surface area contributed by atoms with Crippen LogP contribution in [0.1, 0.15) is 31.2 Å². The van der Waals surface area contributed by atoms with Crippen LogP contribution in [0.3, 0.4) is 0 Å². The minimum absolute atomic E-state index is 0.281. The van der Waals surface area contributed by atoms with Crippen molar-refractivity contribution in [3.63, 3.8) is 0 Å². The largest absolute Gasteiger partial charge is 0.345 e. The van der Waals surface area contributed by atoms with Gasteiger partial charge >= 0.3 is 0 Å². The second kappa shape index (κ2) is 8.59. The van der Waals surface area contributed by atoms with E-state index in [1.165, 1.54) is 23.3 Å². The summed E-state index contributed by atoms with van der Waals surface area (Å²) < 4.78 is 0. The molecule has 1 fully saturated rings. The summed E-state index contributed by atoms with van der Waals surface area (Å²) in [7, 11) is 4.07. The topological polar surface area (TPSA) is 23.6 Å². The molecule has 2 rings (SSSR count). The van der Waals surface area contributed by atoms with Crippen molar-refractivity contribution < 1.29 is 4.79 Å². The molecule has 0 radical (unpaired) electrons. The number of likely N-dealkylation sites (tertiary alicyclic amines) is 1. The highest BCUT2D eigenvalue weighted by Gasteiger charge is 2.23. The normalized spacial score (nSPS) is 19.1. The predicted molar refractivity (Wildman–Crippen MR) is 94.4 cm³/mol. The SMILES string of the molecule is Cc1ccc(SCCN(C)C(=O)C[C@H]2CCCCN2C)cc1. The molecule has 1 saturated heterocycles. The van der Waals surface area contributed by atoms with Gasteiger partial charge in [0.1, 0.15) is 0 Å². The highest BCUT2D eigenvalue weighted by Crippen LogP contribution is 2.20. The maximum Gasteiger partial charge on any atom is 0.223 e. The Morgan fingerprint density at radius 1 is 1.32 bits per heavy atom. The van der Waals surface area contributed by atoms with Gasteiger partial charge in [-0.1, -0.05) is 24.1 Å². The Balaban J connectivity index is 1.70. The van der Waals surface area contributed by atoms with Crippen LogP contribution < -0.4 is 0 Å². The molecule has 1 aliphatic rings. The Kier molecular flexibility index (Phi) is 6.77. The third-order valence-corrected chi connectivity index (χ3v) is 5.47. The van der Waals surface area contributed by atoms with E-state index < -0.39 is 0 Å². The van der Waals surface area contributed by atoms with Gasteiger partial charge in [-0.3, -0.25) is 4.79 Å². The second-order valence-corrected chi connectivity index (χ2v) is 7.48. The standard InChI is InChI=1S/C18H28N2OS/c1-15-7-9-17(10-8-15)22-13-12-20(3)18(21)14-16-6-4-5-11-19(16)2/h7-10,16H,4-6,11-14H2,1-3H3/t16-/m1/s1. The third kappa shape index (κ3) is 5.33. The molecule has 1 aliphatic heterocycles. The van der Waals surface area contributed by atoms with Crippen molar-refractivity contribution in [1.82, 2.24) is 9.80 Å². The fourth-order valence-electron chi connectivity index (χ4n) is 2.82. The summed E-state index contributed by atoms with van der Waals surface area (Å²) in [6, 6.07) is 9.01. The second-order valence-electron chi connectivity index (χ2n) is 6.31. The number of hydrogen-bond acceptors (Lipinski definition) is 3. The first-order valence-corrected chi connectivity index (χ1v) is 9.18. The summed E-state index contributed by atoms with van der Waals surface area (Å²) in [4.78, 5) is 17.8. The highest BCUT2D eigenvalue weighted by atomic mass is 32.2. The summed E-state index contributed by atoms with van der Waals surface area (Å²) in [6.45, 7) is 4.04. The molecule has 0 spiro atoms. The minimum Gasteiger partial charge on any atom is -0.345 e. The number of benzene rings is 1. The van der Waals surface area contributed by atoms with E-state index in [1.54, 1.807) is 0 Å². The molecule has 1 aromatic rings. The van der Waals surface area contributed by atoms with Crippen LogP contribution in [0.2, 0.25) is 0 Å². The van der Waals surface area contributed by atoms with E-state index >= 15 is 0 Å². The van der Waals surface area contributed by atoms with Crippen LogP contribution in [0.25, 0.3) is 0 Å². The van der Waals surface area contributed by atoms with Crippen molar-refractivity contribution in [2.45, 2.75) is 43.5 Å². The number of carbonyl (C=O) groups is 1. The first kappa shape index (κ1) is 17.4. The Bertz CT molecular complexity index is 474. The summed E-state index contributed by atoms with van der Waals surface area (Å²) in [5.41, 5.74) is 1.29. The van der Waals surface area contributed by atoms with Gasteiger partial charge < -0.3 is 9.80 Å². The van der Waals surface area contributed by atoms with Crippen molar-refractivity contribution in [1.29, 1.82) is 0 Å². The van der Waals surface area contributed by atoms with Gasteiger partial charge in [0.25, 0.3) is 0 Å². The van der Waals surface area contributed by atoms with Gasteiger partial charge in [-0.25, -0.2) is 0 Å². The number of thioether (sulfide) groups is 1. The highest BCUT2D eigenvalue weighted by molar-refractivity contribution is 7.99. The molecule has 4 heteroatoms. The van der Waals surface area contributed by atoms with E-state index in [9.17, 15) is 4.79 Å². The number of carbonyl (C=O) groups excluding carboxylic acids is 1. The van der Waals surface area contributed by atoms with Crippen molar-refractivity contribution in [3.05, 3.63) is 29.8 Å². The summed E-state index contributed by atoms with van der Waals surface area (Å²) in [6.07, 6.45) is 4.36. The van der Waals surface area contributed by atoms with E-state index in [2.05, 4.69) is 43.1 Å². The van der Waals surface area contributed by atoms with Crippen LogP contribution in [0, 0.1) is 6.92 Å². The molecule has 0 aromatic heterocycles. The fourth-order valence-corrected chi connectivity index (χ4v) is 3.75. The molecule has 122 valence electrons. The summed E-state index contributed by atoms with van der Waals surface area (Å²) in [5, 5.41) is 0. The maximum atomic E-state index is 12.3. The van der Waals surface area contributed by atoms with E-state index in [-0.39, 0.29) is 5.91 Å². The number of piperidine rings is 1. The maximum absolute atomic E-state index is 12.3. The van der Waals surface area contributed by atoms with Crippen molar-refractivity contribution in [2.75, 3.05) is 32.9 Å². The lowest BCUT2D eigenvalue weighted by Gasteiger charge is -2.33. The van der Waals surface area contributed by atoms with Gasteiger partial charge in [0, 0.05) is 36.7 Å². The van der Waals surface area contributed by atoms with Gasteiger partial charge in [-0.2, -0.15) is 0 Å². The molecular weight excluding hydrogens is 292 g/mol. The Morgan fingerprint density at radius 3 is 2.73 bits per heavy atom. The Labute approximate surface area is 139 Å². The number of nitrogens with zero attached hydrogens (tertiary/aromatic N) is 2. The molecule has 0 bridgehead atoms. The van der Waals surface area contributed by atoms with Crippen LogP contribution in [-0.4, -0.2) is 54.7 Å². The van der Waals surface area contributed by atoms with Crippen molar-refractivity contribution >= 4 is 17.7 Å². The zero-order valence-corrected chi connectivity index (χ0v) is 14.9. The number of amides is 1. The zero-order chi connectivity index (χ0) is 15.9. The molecule has 0 unspecified atom stereocenters. The zero-order valence-electron chi connectivity index (χ0n) is 14.0. The van der Waals surface area contributed by atoms with Crippen molar-refractivity contribution in [2.24, 2.45) is 0 Å². The molecule has 1 heterocycles. The van der Waals surface area contributed by atoms with E-state index in [4.69, 9.17) is 0 Å². The van der Waals surface area contributed by atoms with E-state index in [0.29, 0.717) is 12.5 Å². The summed E-state index contributed by atoms with van der Waals surface area (Å²) in [5.74, 6) is 1.23. The molecular formula is C18H28N2OS. The smallest absolute Gasteiger partial charge is 0.223 e. The van der Waals surface area contributed by atoms with E-state index in [0.717, 1.165) is 25.3 Å². The number of hydrogen-bond donors (Lipinski definition) is 0. The first-order chi connectivity index (χ1) is 10.6. The van der Waals surface area contributed by atoms with Crippen LogP contribution in [0.4, 0.5) is 0 Å². The van der Waals surface area contributed by atoms with Gasteiger partial charge in [0.05, 0.1) is 0 Å². The molecule has 22 heavy (non-hydrogen) atoms. The molecule has 1 aromatic carbocycles. The molecule has 0 aliphatic carbocycles. The predicted octanol–water partition coefficient (Wildman–Crippen LogP) is 3.42. The lowest BCUT2D eigenvalue weighted by atomic mass is 10.00. The molecule has 1 atom stereocenters. The van der Waals surface area contributed by atoms with Gasteiger partial charge in [0.2, 0.25) is 5.91 Å². The molecule has 0 saturated carbocycles. The quantitative estimate of drug-likeness (QED) is 0.750. The van der Waals surface area contributed by atoms with Crippen molar-refractivity contribution in [3.8, 4) is 0 Å². The molecule has 0 N–H and O–H groups in total. The number of aryl methyl sites for hydroxylation is 1. The van der Waals surface area contributed by atoms with Crippen LogP contribution in [0.15, 0.2) is 29.2 Å². The minimum atomic E-state index is 0.281. The van der Waals surface area contributed by atoms with Gasteiger partial charge in [0.15, 0.2) is 0 Å². The number of rotatable bonds is 6. The Hall–Kier alpha value is -1.00. The lowest BCUT2D eigenvalue weighted by molar-refractivity contribution is -0.131. The van der Waals surface area contributed by atoms with Gasteiger partial charge in [-0.15, -0.1) is 11.8 Å². The first-order valence-electron chi connectivity index (χ1n) is 8.20. The van der Waals surface area contributed by atoms with E-state index in [1.807, 2.05) is 23.7 Å². The van der Waals surface area contributed by atoms with Crippen LogP contribution in [0.5, 0.6) is 0 Å². The third-order valence-electron chi connectivity index (χ3n) is 4.47. The van der Waals surface area contributed by atoms with Crippen LogP contribution >= 0.6 is 11.8 Å².